The zero-order valence-corrected chi connectivity index (χ0v) is 12.5. The maximum absolute atomic E-state index is 13.5. The SMILES string of the molecule is Fc1cc(Br)ccc1OCc1ccc(I)cc1. The lowest BCUT2D eigenvalue weighted by atomic mass is 10.2. The molecule has 0 unspecified atom stereocenters. The summed E-state index contributed by atoms with van der Waals surface area (Å²) in [5.74, 6) is -0.0864. The highest BCUT2D eigenvalue weighted by Crippen LogP contribution is 2.22. The molecule has 0 spiro atoms. The van der Waals surface area contributed by atoms with E-state index in [1.807, 2.05) is 24.3 Å². The van der Waals surface area contributed by atoms with Crippen molar-refractivity contribution in [2.75, 3.05) is 0 Å². The topological polar surface area (TPSA) is 9.23 Å². The van der Waals surface area contributed by atoms with Gasteiger partial charge in [0.2, 0.25) is 0 Å². The van der Waals surface area contributed by atoms with Gasteiger partial charge >= 0.3 is 0 Å². The van der Waals surface area contributed by atoms with E-state index in [1.54, 1.807) is 12.1 Å². The van der Waals surface area contributed by atoms with Crippen LogP contribution in [0.1, 0.15) is 5.56 Å². The predicted octanol–water partition coefficient (Wildman–Crippen LogP) is 4.77. The molecule has 0 amide bonds. The third-order valence-electron chi connectivity index (χ3n) is 2.20. The fourth-order valence-corrected chi connectivity index (χ4v) is 2.03. The van der Waals surface area contributed by atoms with Crippen molar-refractivity contribution in [3.63, 3.8) is 0 Å². The lowest BCUT2D eigenvalue weighted by Crippen LogP contribution is -1.97. The molecule has 0 aliphatic heterocycles. The molecule has 0 saturated heterocycles. The van der Waals surface area contributed by atoms with Crippen LogP contribution in [0.3, 0.4) is 0 Å². The van der Waals surface area contributed by atoms with E-state index in [4.69, 9.17) is 4.74 Å². The van der Waals surface area contributed by atoms with E-state index in [0.717, 1.165) is 5.56 Å². The molecule has 88 valence electrons. The monoisotopic (exact) mass is 406 g/mol. The molecule has 2 aromatic carbocycles. The molecule has 0 aliphatic rings. The van der Waals surface area contributed by atoms with Crippen molar-refractivity contribution in [2.24, 2.45) is 0 Å². The van der Waals surface area contributed by atoms with Crippen LogP contribution in [0.4, 0.5) is 4.39 Å². The first-order valence-electron chi connectivity index (χ1n) is 4.97. The van der Waals surface area contributed by atoms with Crippen LogP contribution in [0.5, 0.6) is 5.75 Å². The van der Waals surface area contributed by atoms with Gasteiger partial charge in [0, 0.05) is 8.04 Å². The molecule has 4 heteroatoms. The van der Waals surface area contributed by atoms with Crippen molar-refractivity contribution in [1.29, 1.82) is 0 Å². The van der Waals surface area contributed by atoms with Gasteiger partial charge < -0.3 is 4.74 Å². The minimum atomic E-state index is -0.357. The standard InChI is InChI=1S/C13H9BrFIO/c14-10-3-6-13(12(15)7-10)17-8-9-1-4-11(16)5-2-9/h1-7H,8H2. The number of halogens is 3. The summed E-state index contributed by atoms with van der Waals surface area (Å²) in [6, 6.07) is 12.7. The van der Waals surface area contributed by atoms with E-state index < -0.39 is 0 Å². The Bertz CT molecular complexity index is 513. The van der Waals surface area contributed by atoms with Gasteiger partial charge in [-0.15, -0.1) is 0 Å². The van der Waals surface area contributed by atoms with Crippen molar-refractivity contribution in [2.45, 2.75) is 6.61 Å². The Morgan fingerprint density at radius 1 is 1.12 bits per heavy atom. The van der Waals surface area contributed by atoms with Crippen LogP contribution in [0, 0.1) is 9.39 Å². The van der Waals surface area contributed by atoms with Crippen LogP contribution >= 0.6 is 38.5 Å². The zero-order valence-electron chi connectivity index (χ0n) is 8.79. The molecular formula is C13H9BrFIO. The molecule has 1 nitrogen and oxygen atoms in total. The Morgan fingerprint density at radius 3 is 2.47 bits per heavy atom. The fraction of sp³-hybridized carbons (Fsp3) is 0.0769. The Labute approximate surface area is 121 Å². The van der Waals surface area contributed by atoms with Crippen LogP contribution in [-0.4, -0.2) is 0 Å². The molecular weight excluding hydrogens is 398 g/mol. The molecule has 0 N–H and O–H groups in total. The first kappa shape index (κ1) is 12.8. The zero-order chi connectivity index (χ0) is 12.3. The summed E-state index contributed by atoms with van der Waals surface area (Å²) < 4.78 is 20.8. The summed E-state index contributed by atoms with van der Waals surface area (Å²) >= 11 is 5.44. The second-order valence-corrected chi connectivity index (χ2v) is 5.65. The second-order valence-electron chi connectivity index (χ2n) is 3.49. The van der Waals surface area contributed by atoms with Crippen LogP contribution in [-0.2, 0) is 6.61 Å². The van der Waals surface area contributed by atoms with E-state index in [-0.39, 0.29) is 11.6 Å². The molecule has 2 aromatic rings. The summed E-state index contributed by atoms with van der Waals surface area (Å²) in [7, 11) is 0. The maximum Gasteiger partial charge on any atom is 0.166 e. The van der Waals surface area contributed by atoms with Gasteiger partial charge in [0.15, 0.2) is 11.6 Å². The van der Waals surface area contributed by atoms with Gasteiger partial charge in [-0.3, -0.25) is 0 Å². The molecule has 0 fully saturated rings. The van der Waals surface area contributed by atoms with Crippen LogP contribution in [0.15, 0.2) is 46.9 Å². The van der Waals surface area contributed by atoms with Gasteiger partial charge in [-0.05, 0) is 58.5 Å². The summed E-state index contributed by atoms with van der Waals surface area (Å²) in [4.78, 5) is 0. The van der Waals surface area contributed by atoms with Gasteiger partial charge in [0.1, 0.15) is 6.61 Å². The van der Waals surface area contributed by atoms with Gasteiger partial charge in [-0.25, -0.2) is 4.39 Å². The average Bonchev–Trinajstić information content (AvgIpc) is 2.30. The Kier molecular flexibility index (Phi) is 4.39. The van der Waals surface area contributed by atoms with Crippen molar-refractivity contribution < 1.29 is 9.13 Å². The van der Waals surface area contributed by atoms with Gasteiger partial charge in [0.25, 0.3) is 0 Å². The summed E-state index contributed by atoms with van der Waals surface area (Å²) in [6.45, 7) is 0.371. The second kappa shape index (κ2) is 5.82. The van der Waals surface area contributed by atoms with Crippen molar-refractivity contribution >= 4 is 38.5 Å². The van der Waals surface area contributed by atoms with Crippen molar-refractivity contribution in [1.82, 2.24) is 0 Å². The molecule has 17 heavy (non-hydrogen) atoms. The molecule has 0 heterocycles. The van der Waals surface area contributed by atoms with Crippen LogP contribution in [0.25, 0.3) is 0 Å². The van der Waals surface area contributed by atoms with E-state index >= 15 is 0 Å². The number of hydrogen-bond donors (Lipinski definition) is 0. The largest absolute Gasteiger partial charge is 0.486 e. The van der Waals surface area contributed by atoms with E-state index in [1.165, 1.54) is 9.64 Å². The minimum absolute atomic E-state index is 0.270. The highest BCUT2D eigenvalue weighted by molar-refractivity contribution is 14.1. The molecule has 0 saturated carbocycles. The molecule has 0 aliphatic carbocycles. The van der Waals surface area contributed by atoms with Crippen LogP contribution in [0.2, 0.25) is 0 Å². The average molecular weight is 407 g/mol. The van der Waals surface area contributed by atoms with E-state index in [2.05, 4.69) is 38.5 Å². The Morgan fingerprint density at radius 2 is 1.82 bits per heavy atom. The van der Waals surface area contributed by atoms with Gasteiger partial charge in [-0.2, -0.15) is 0 Å². The first-order chi connectivity index (χ1) is 8.15. The lowest BCUT2D eigenvalue weighted by molar-refractivity contribution is 0.290. The van der Waals surface area contributed by atoms with Crippen molar-refractivity contribution in [3.05, 3.63) is 61.9 Å². The third-order valence-corrected chi connectivity index (χ3v) is 3.41. The van der Waals surface area contributed by atoms with Crippen LogP contribution < -0.4 is 4.74 Å². The molecule has 0 bridgehead atoms. The first-order valence-corrected chi connectivity index (χ1v) is 6.84. The quantitative estimate of drug-likeness (QED) is 0.667. The number of rotatable bonds is 3. The Hall–Kier alpha value is -0.620. The molecule has 2 rings (SSSR count). The molecule has 0 atom stereocenters. The predicted molar refractivity (Wildman–Crippen MR) is 77.6 cm³/mol. The number of benzene rings is 2. The smallest absolute Gasteiger partial charge is 0.166 e. The van der Waals surface area contributed by atoms with Gasteiger partial charge in [-0.1, -0.05) is 28.1 Å². The summed E-state index contributed by atoms with van der Waals surface area (Å²) in [5, 5.41) is 0. The minimum Gasteiger partial charge on any atom is -0.486 e. The van der Waals surface area contributed by atoms with E-state index in [0.29, 0.717) is 11.1 Å². The highest BCUT2D eigenvalue weighted by Gasteiger charge is 2.04. The lowest BCUT2D eigenvalue weighted by Gasteiger charge is -2.07. The Balaban J connectivity index is 2.04. The van der Waals surface area contributed by atoms with Gasteiger partial charge in [0.05, 0.1) is 0 Å². The van der Waals surface area contributed by atoms with E-state index in [9.17, 15) is 4.39 Å². The fourth-order valence-electron chi connectivity index (χ4n) is 1.33. The highest BCUT2D eigenvalue weighted by atomic mass is 127. The molecule has 0 radical (unpaired) electrons. The number of ether oxygens (including phenoxy) is 1. The van der Waals surface area contributed by atoms with Crippen molar-refractivity contribution in [3.8, 4) is 5.75 Å². The summed E-state index contributed by atoms with van der Waals surface area (Å²) in [5.41, 5.74) is 1.02. The summed E-state index contributed by atoms with van der Waals surface area (Å²) in [6.07, 6.45) is 0. The normalized spacial score (nSPS) is 10.3. The molecule has 0 aromatic heterocycles. The third kappa shape index (κ3) is 3.67. The number of hydrogen-bond acceptors (Lipinski definition) is 1. The maximum atomic E-state index is 13.5.